The average molecular weight is 225 g/mol. The third-order valence-electron chi connectivity index (χ3n) is 2.08. The van der Waals surface area contributed by atoms with Crippen LogP contribution in [0.3, 0.4) is 0 Å². The maximum absolute atomic E-state index is 10.7. The number of aliphatic hydroxyl groups excluding tert-OH is 1. The van der Waals surface area contributed by atoms with Gasteiger partial charge in [0.2, 0.25) is 0 Å². The highest BCUT2D eigenvalue weighted by Gasteiger charge is 2.08. The van der Waals surface area contributed by atoms with Crippen molar-refractivity contribution in [2.75, 3.05) is 30.8 Å². The van der Waals surface area contributed by atoms with E-state index in [9.17, 15) is 10.1 Å². The number of nitro groups is 1. The predicted molar refractivity (Wildman–Crippen MR) is 62.8 cm³/mol. The number of nitrogens with zero attached hydrogens (tertiary/aromatic N) is 1. The van der Waals surface area contributed by atoms with E-state index in [1.807, 2.05) is 0 Å². The second kappa shape index (κ2) is 5.92. The number of hydrogen-bond donors (Lipinski definition) is 3. The number of anilines is 2. The lowest BCUT2D eigenvalue weighted by molar-refractivity contribution is -0.384. The van der Waals surface area contributed by atoms with Crippen LogP contribution in [0, 0.1) is 10.1 Å². The van der Waals surface area contributed by atoms with E-state index in [4.69, 9.17) is 5.11 Å². The van der Waals surface area contributed by atoms with Crippen LogP contribution in [-0.4, -0.2) is 30.2 Å². The molecule has 0 bridgehead atoms. The van der Waals surface area contributed by atoms with Gasteiger partial charge in [-0.05, 0) is 12.5 Å². The van der Waals surface area contributed by atoms with Crippen molar-refractivity contribution in [2.45, 2.75) is 6.42 Å². The Hall–Kier alpha value is -1.82. The third-order valence-corrected chi connectivity index (χ3v) is 2.08. The molecule has 0 unspecified atom stereocenters. The monoisotopic (exact) mass is 225 g/mol. The minimum atomic E-state index is -0.432. The molecule has 0 aliphatic rings. The molecule has 0 spiro atoms. The van der Waals surface area contributed by atoms with Crippen LogP contribution < -0.4 is 10.6 Å². The molecular weight excluding hydrogens is 210 g/mol. The lowest BCUT2D eigenvalue weighted by atomic mass is 10.2. The van der Waals surface area contributed by atoms with Gasteiger partial charge in [-0.25, -0.2) is 0 Å². The number of nitro benzene ring substituents is 1. The zero-order valence-corrected chi connectivity index (χ0v) is 9.06. The SMILES string of the molecule is CNc1cc(NCCCO)cc([N+](=O)[O-])c1. The summed E-state index contributed by atoms with van der Waals surface area (Å²) in [7, 11) is 1.70. The lowest BCUT2D eigenvalue weighted by Crippen LogP contribution is -2.04. The number of nitrogens with one attached hydrogen (secondary N) is 2. The molecule has 16 heavy (non-hydrogen) atoms. The van der Waals surface area contributed by atoms with Crippen LogP contribution in [0.15, 0.2) is 18.2 Å². The number of aliphatic hydroxyl groups is 1. The number of hydrogen-bond acceptors (Lipinski definition) is 5. The first kappa shape index (κ1) is 12.3. The Balaban J connectivity index is 2.82. The summed E-state index contributed by atoms with van der Waals surface area (Å²) >= 11 is 0. The number of rotatable bonds is 6. The average Bonchev–Trinajstić information content (AvgIpc) is 2.29. The molecular formula is C10H15N3O3. The van der Waals surface area contributed by atoms with E-state index < -0.39 is 4.92 Å². The Morgan fingerprint density at radius 2 is 2.06 bits per heavy atom. The molecule has 6 nitrogen and oxygen atoms in total. The van der Waals surface area contributed by atoms with Crippen LogP contribution in [0.4, 0.5) is 17.1 Å². The zero-order chi connectivity index (χ0) is 12.0. The maximum Gasteiger partial charge on any atom is 0.273 e. The number of benzene rings is 1. The summed E-state index contributed by atoms with van der Waals surface area (Å²) in [6.07, 6.45) is 0.609. The van der Waals surface area contributed by atoms with Gasteiger partial charge in [-0.1, -0.05) is 0 Å². The minimum Gasteiger partial charge on any atom is -0.396 e. The quantitative estimate of drug-likeness (QED) is 0.387. The van der Waals surface area contributed by atoms with Crippen molar-refractivity contribution >= 4 is 17.1 Å². The Morgan fingerprint density at radius 3 is 2.62 bits per heavy atom. The summed E-state index contributed by atoms with van der Waals surface area (Å²) in [6.45, 7) is 0.682. The minimum absolute atomic E-state index is 0.0401. The second-order valence-corrected chi connectivity index (χ2v) is 3.28. The molecule has 1 aromatic carbocycles. The van der Waals surface area contributed by atoms with Crippen LogP contribution in [0.1, 0.15) is 6.42 Å². The van der Waals surface area contributed by atoms with E-state index in [2.05, 4.69) is 10.6 Å². The summed E-state index contributed by atoms with van der Waals surface area (Å²) in [5.41, 5.74) is 1.39. The van der Waals surface area contributed by atoms with Crippen LogP contribution in [-0.2, 0) is 0 Å². The summed E-state index contributed by atoms with van der Waals surface area (Å²) in [6, 6.07) is 4.72. The molecule has 0 amide bonds. The van der Waals surface area contributed by atoms with Crippen molar-refractivity contribution in [1.82, 2.24) is 0 Å². The highest BCUT2D eigenvalue weighted by molar-refractivity contribution is 5.63. The molecule has 3 N–H and O–H groups in total. The molecule has 1 rings (SSSR count). The molecule has 0 aliphatic carbocycles. The van der Waals surface area contributed by atoms with E-state index in [1.165, 1.54) is 12.1 Å². The maximum atomic E-state index is 10.7. The van der Waals surface area contributed by atoms with Gasteiger partial charge in [-0.15, -0.1) is 0 Å². The molecule has 0 saturated heterocycles. The molecule has 88 valence electrons. The van der Waals surface area contributed by atoms with Crippen LogP contribution in [0.25, 0.3) is 0 Å². The van der Waals surface area contributed by atoms with E-state index >= 15 is 0 Å². The topological polar surface area (TPSA) is 87.4 Å². The summed E-state index contributed by atoms with van der Waals surface area (Å²) in [4.78, 5) is 10.2. The fraction of sp³-hybridized carbons (Fsp3) is 0.400. The molecule has 0 radical (unpaired) electrons. The van der Waals surface area contributed by atoms with Gasteiger partial charge in [0, 0.05) is 43.7 Å². The predicted octanol–water partition coefficient (Wildman–Crippen LogP) is 1.43. The van der Waals surface area contributed by atoms with Gasteiger partial charge >= 0.3 is 0 Å². The van der Waals surface area contributed by atoms with E-state index in [-0.39, 0.29) is 12.3 Å². The van der Waals surface area contributed by atoms with Crippen molar-refractivity contribution in [3.05, 3.63) is 28.3 Å². The first-order chi connectivity index (χ1) is 7.67. The zero-order valence-electron chi connectivity index (χ0n) is 9.06. The van der Waals surface area contributed by atoms with Gasteiger partial charge in [-0.3, -0.25) is 10.1 Å². The Morgan fingerprint density at radius 1 is 1.38 bits per heavy atom. The fourth-order valence-corrected chi connectivity index (χ4v) is 1.27. The van der Waals surface area contributed by atoms with Gasteiger partial charge in [0.1, 0.15) is 0 Å². The number of non-ortho nitro benzene ring substituents is 1. The van der Waals surface area contributed by atoms with Gasteiger partial charge in [0.15, 0.2) is 0 Å². The van der Waals surface area contributed by atoms with Crippen LogP contribution in [0.5, 0.6) is 0 Å². The van der Waals surface area contributed by atoms with Gasteiger partial charge in [-0.2, -0.15) is 0 Å². The lowest BCUT2D eigenvalue weighted by Gasteiger charge is -2.07. The van der Waals surface area contributed by atoms with Crippen molar-refractivity contribution in [2.24, 2.45) is 0 Å². The van der Waals surface area contributed by atoms with Gasteiger partial charge in [0.25, 0.3) is 5.69 Å². The summed E-state index contributed by atoms with van der Waals surface area (Å²) < 4.78 is 0. The van der Waals surface area contributed by atoms with Gasteiger partial charge < -0.3 is 15.7 Å². The molecule has 0 saturated carbocycles. The second-order valence-electron chi connectivity index (χ2n) is 3.28. The molecule has 0 aliphatic heterocycles. The van der Waals surface area contributed by atoms with E-state index in [0.717, 1.165) is 0 Å². The van der Waals surface area contributed by atoms with Crippen LogP contribution in [0.2, 0.25) is 0 Å². The largest absolute Gasteiger partial charge is 0.396 e. The molecule has 0 atom stereocenters. The smallest absolute Gasteiger partial charge is 0.273 e. The standard InChI is InChI=1S/C10H15N3O3/c1-11-8-5-9(12-3-2-4-14)7-10(6-8)13(15)16/h5-7,11-12,14H,2-4H2,1H3. The Bertz CT molecular complexity index is 368. The first-order valence-corrected chi connectivity index (χ1v) is 4.99. The van der Waals surface area contributed by atoms with Crippen molar-refractivity contribution < 1.29 is 10.0 Å². The summed E-state index contributed by atoms with van der Waals surface area (Å²) in [5.74, 6) is 0. The molecule has 0 heterocycles. The fourth-order valence-electron chi connectivity index (χ4n) is 1.27. The van der Waals surface area contributed by atoms with Crippen molar-refractivity contribution in [1.29, 1.82) is 0 Å². The molecule has 6 heteroatoms. The summed E-state index contributed by atoms with van der Waals surface area (Å²) in [5, 5.41) is 25.2. The normalized spacial score (nSPS) is 9.88. The highest BCUT2D eigenvalue weighted by Crippen LogP contribution is 2.23. The van der Waals surface area contributed by atoms with Crippen molar-refractivity contribution in [3.63, 3.8) is 0 Å². The molecule has 0 fully saturated rings. The third kappa shape index (κ3) is 3.39. The Kier molecular flexibility index (Phi) is 4.53. The van der Waals surface area contributed by atoms with E-state index in [0.29, 0.717) is 24.3 Å². The first-order valence-electron chi connectivity index (χ1n) is 4.99. The molecule has 0 aromatic heterocycles. The van der Waals surface area contributed by atoms with Crippen LogP contribution >= 0.6 is 0 Å². The van der Waals surface area contributed by atoms with Gasteiger partial charge in [0.05, 0.1) is 4.92 Å². The van der Waals surface area contributed by atoms with E-state index in [1.54, 1.807) is 13.1 Å². The van der Waals surface area contributed by atoms with Crippen molar-refractivity contribution in [3.8, 4) is 0 Å². The molecule has 1 aromatic rings. The highest BCUT2D eigenvalue weighted by atomic mass is 16.6. The Labute approximate surface area is 93.4 Å².